The summed E-state index contributed by atoms with van der Waals surface area (Å²) in [5, 5.41) is 8.82. The maximum atomic E-state index is 10.7. The number of nitrogens with zero attached hydrogens (tertiary/aromatic N) is 2. The van der Waals surface area contributed by atoms with Gasteiger partial charge in [0.1, 0.15) is 10.3 Å². The second-order valence-electron chi connectivity index (χ2n) is 3.03. The maximum Gasteiger partial charge on any atom is 0.365 e. The minimum absolute atomic E-state index is 0.0464. The summed E-state index contributed by atoms with van der Waals surface area (Å²) in [4.78, 5) is 19.5. The van der Waals surface area contributed by atoms with E-state index >= 15 is 0 Å². The SMILES string of the molecule is CCc1nc2sc(C(=O)O)nc2cc1N. The fraction of sp³-hybridized carbons (Fsp3) is 0.222. The number of fused-ring (bicyclic) bond motifs is 1. The van der Waals surface area contributed by atoms with E-state index in [1.165, 1.54) is 0 Å². The van der Waals surface area contributed by atoms with Crippen LogP contribution in [-0.2, 0) is 6.42 Å². The number of hydrogen-bond donors (Lipinski definition) is 2. The fourth-order valence-corrected chi connectivity index (χ4v) is 2.07. The second-order valence-corrected chi connectivity index (χ2v) is 4.00. The Bertz CT molecular complexity index is 535. The molecule has 0 atom stereocenters. The molecule has 0 radical (unpaired) electrons. The third-order valence-electron chi connectivity index (χ3n) is 2.01. The smallest absolute Gasteiger partial charge is 0.365 e. The Balaban J connectivity index is 2.66. The summed E-state index contributed by atoms with van der Waals surface area (Å²) in [7, 11) is 0. The molecule has 5 nitrogen and oxygen atoms in total. The molecule has 0 unspecified atom stereocenters. The first-order valence-electron chi connectivity index (χ1n) is 4.41. The zero-order valence-corrected chi connectivity index (χ0v) is 8.84. The number of carboxylic acid groups (broad SMARTS) is 1. The lowest BCUT2D eigenvalue weighted by Crippen LogP contribution is -1.96. The van der Waals surface area contributed by atoms with Crippen LogP contribution in [0.2, 0.25) is 0 Å². The number of aromatic nitrogens is 2. The zero-order valence-electron chi connectivity index (χ0n) is 8.02. The molecule has 0 saturated carbocycles. The Kier molecular flexibility index (Phi) is 2.28. The topological polar surface area (TPSA) is 89.1 Å². The highest BCUT2D eigenvalue weighted by Crippen LogP contribution is 2.24. The summed E-state index contributed by atoms with van der Waals surface area (Å²) in [5.74, 6) is -1.03. The summed E-state index contributed by atoms with van der Waals surface area (Å²) >= 11 is 1.07. The molecule has 2 aromatic heterocycles. The number of anilines is 1. The molecule has 0 saturated heterocycles. The lowest BCUT2D eigenvalue weighted by molar-refractivity contribution is 0.0696. The standard InChI is InChI=1S/C9H9N3O2S/c1-2-5-4(10)3-6-7(11-5)15-8(12-6)9(13)14/h3H,2,10H2,1H3,(H,13,14). The summed E-state index contributed by atoms with van der Waals surface area (Å²) in [6.07, 6.45) is 0.724. The van der Waals surface area contributed by atoms with Gasteiger partial charge in [0.25, 0.3) is 0 Å². The number of nitrogen functional groups attached to an aromatic ring is 1. The summed E-state index contributed by atoms with van der Waals surface area (Å²) in [5.41, 5.74) is 7.63. The average molecular weight is 223 g/mol. The highest BCUT2D eigenvalue weighted by atomic mass is 32.1. The number of pyridine rings is 1. The highest BCUT2D eigenvalue weighted by Gasteiger charge is 2.12. The fourth-order valence-electron chi connectivity index (χ4n) is 1.29. The molecule has 0 aliphatic heterocycles. The Labute approximate surface area is 89.6 Å². The number of hydrogen-bond acceptors (Lipinski definition) is 5. The molecular weight excluding hydrogens is 214 g/mol. The molecular formula is C9H9N3O2S. The monoisotopic (exact) mass is 223 g/mol. The molecule has 0 aliphatic carbocycles. The van der Waals surface area contributed by atoms with Crippen molar-refractivity contribution in [1.82, 2.24) is 9.97 Å². The molecule has 78 valence electrons. The van der Waals surface area contributed by atoms with Gasteiger partial charge >= 0.3 is 5.97 Å². The van der Waals surface area contributed by atoms with Gasteiger partial charge in [-0.3, -0.25) is 0 Å². The minimum Gasteiger partial charge on any atom is -0.476 e. The van der Waals surface area contributed by atoms with E-state index in [0.29, 0.717) is 16.0 Å². The number of rotatable bonds is 2. The average Bonchev–Trinajstić information content (AvgIpc) is 2.59. The Morgan fingerprint density at radius 2 is 2.33 bits per heavy atom. The van der Waals surface area contributed by atoms with Gasteiger partial charge in [-0.25, -0.2) is 14.8 Å². The van der Waals surface area contributed by atoms with Gasteiger partial charge in [-0.15, -0.1) is 0 Å². The number of carboxylic acids is 1. The molecule has 2 rings (SSSR count). The summed E-state index contributed by atoms with van der Waals surface area (Å²) in [6.45, 7) is 1.95. The molecule has 0 bridgehead atoms. The van der Waals surface area contributed by atoms with Gasteiger partial charge in [-0.05, 0) is 12.5 Å². The van der Waals surface area contributed by atoms with Crippen molar-refractivity contribution < 1.29 is 9.90 Å². The number of aryl methyl sites for hydroxylation is 1. The van der Waals surface area contributed by atoms with Gasteiger partial charge in [0, 0.05) is 0 Å². The second kappa shape index (κ2) is 3.47. The summed E-state index contributed by atoms with van der Waals surface area (Å²) < 4.78 is 0. The largest absolute Gasteiger partial charge is 0.476 e. The van der Waals surface area contributed by atoms with Crippen molar-refractivity contribution in [1.29, 1.82) is 0 Å². The quantitative estimate of drug-likeness (QED) is 0.806. The predicted molar refractivity (Wildman–Crippen MR) is 58.2 cm³/mol. The molecule has 2 heterocycles. The van der Waals surface area contributed by atoms with Gasteiger partial charge in [-0.2, -0.15) is 0 Å². The number of carbonyl (C=O) groups is 1. The van der Waals surface area contributed by atoms with Crippen molar-refractivity contribution in [2.75, 3.05) is 5.73 Å². The molecule has 15 heavy (non-hydrogen) atoms. The van der Waals surface area contributed by atoms with Crippen LogP contribution in [0.3, 0.4) is 0 Å². The number of thiazole rings is 1. The van der Waals surface area contributed by atoms with Crippen molar-refractivity contribution >= 4 is 33.3 Å². The molecule has 0 amide bonds. The van der Waals surface area contributed by atoms with Crippen LogP contribution in [-0.4, -0.2) is 21.0 Å². The van der Waals surface area contributed by atoms with E-state index in [1.807, 2.05) is 6.92 Å². The van der Waals surface area contributed by atoms with E-state index in [0.717, 1.165) is 23.5 Å². The van der Waals surface area contributed by atoms with Crippen molar-refractivity contribution in [3.05, 3.63) is 16.8 Å². The van der Waals surface area contributed by atoms with Gasteiger partial charge in [0.2, 0.25) is 5.01 Å². The normalized spacial score (nSPS) is 10.7. The van der Waals surface area contributed by atoms with E-state index in [-0.39, 0.29) is 5.01 Å². The Morgan fingerprint density at radius 3 is 2.93 bits per heavy atom. The third kappa shape index (κ3) is 1.63. The van der Waals surface area contributed by atoms with Crippen LogP contribution in [0.4, 0.5) is 5.69 Å². The first-order chi connectivity index (χ1) is 7.11. The zero-order chi connectivity index (χ0) is 11.0. The molecule has 6 heteroatoms. The van der Waals surface area contributed by atoms with Crippen LogP contribution < -0.4 is 5.73 Å². The van der Waals surface area contributed by atoms with Crippen molar-refractivity contribution in [3.8, 4) is 0 Å². The van der Waals surface area contributed by atoms with Crippen LogP contribution in [0, 0.1) is 0 Å². The minimum atomic E-state index is -1.03. The number of aromatic carboxylic acids is 1. The number of nitrogens with two attached hydrogens (primary N) is 1. The molecule has 0 spiro atoms. The third-order valence-corrected chi connectivity index (χ3v) is 2.97. The maximum absolute atomic E-state index is 10.7. The molecule has 3 N–H and O–H groups in total. The molecule has 0 aromatic carbocycles. The van der Waals surface area contributed by atoms with Gasteiger partial charge in [-0.1, -0.05) is 18.3 Å². The Hall–Kier alpha value is -1.69. The first-order valence-corrected chi connectivity index (χ1v) is 5.22. The summed E-state index contributed by atoms with van der Waals surface area (Å²) in [6, 6.07) is 1.67. The lowest BCUT2D eigenvalue weighted by atomic mass is 10.2. The van der Waals surface area contributed by atoms with Crippen LogP contribution in [0.5, 0.6) is 0 Å². The molecule has 0 fully saturated rings. The van der Waals surface area contributed by atoms with Crippen LogP contribution in [0.1, 0.15) is 22.4 Å². The predicted octanol–water partition coefficient (Wildman–Crippen LogP) is 1.53. The van der Waals surface area contributed by atoms with Crippen LogP contribution >= 0.6 is 11.3 Å². The van der Waals surface area contributed by atoms with Crippen LogP contribution in [0.25, 0.3) is 10.3 Å². The van der Waals surface area contributed by atoms with Crippen molar-refractivity contribution in [2.45, 2.75) is 13.3 Å². The highest BCUT2D eigenvalue weighted by molar-refractivity contribution is 7.19. The van der Waals surface area contributed by atoms with Crippen molar-refractivity contribution in [3.63, 3.8) is 0 Å². The van der Waals surface area contributed by atoms with Gasteiger partial charge in [0.05, 0.1) is 11.4 Å². The van der Waals surface area contributed by atoms with Gasteiger partial charge < -0.3 is 10.8 Å². The Morgan fingerprint density at radius 1 is 1.60 bits per heavy atom. The lowest BCUT2D eigenvalue weighted by Gasteiger charge is -1.99. The van der Waals surface area contributed by atoms with E-state index in [4.69, 9.17) is 10.8 Å². The van der Waals surface area contributed by atoms with E-state index in [1.54, 1.807) is 6.07 Å². The van der Waals surface area contributed by atoms with E-state index in [2.05, 4.69) is 9.97 Å². The molecule has 2 aromatic rings. The van der Waals surface area contributed by atoms with E-state index in [9.17, 15) is 4.79 Å². The van der Waals surface area contributed by atoms with Gasteiger partial charge in [0.15, 0.2) is 0 Å². The van der Waals surface area contributed by atoms with Crippen molar-refractivity contribution in [2.24, 2.45) is 0 Å². The molecule has 0 aliphatic rings. The van der Waals surface area contributed by atoms with E-state index < -0.39 is 5.97 Å². The first kappa shape index (κ1) is 9.85. The van der Waals surface area contributed by atoms with Crippen LogP contribution in [0.15, 0.2) is 6.07 Å².